The summed E-state index contributed by atoms with van der Waals surface area (Å²) in [5.74, 6) is 1.79. The van der Waals surface area contributed by atoms with E-state index in [4.69, 9.17) is 14.2 Å². The summed E-state index contributed by atoms with van der Waals surface area (Å²) in [6.07, 6.45) is 15.3. The third-order valence-electron chi connectivity index (χ3n) is 6.97. The van der Waals surface area contributed by atoms with Crippen LogP contribution in [0.15, 0.2) is 85.5 Å². The molecule has 0 radical (unpaired) electrons. The molecule has 3 aromatic carbocycles. The van der Waals surface area contributed by atoms with Crippen molar-refractivity contribution < 1.29 is 19.0 Å². The maximum Gasteiger partial charge on any atom is 0.343 e. The van der Waals surface area contributed by atoms with Gasteiger partial charge in [0.05, 0.1) is 18.3 Å². The molecule has 0 saturated heterocycles. The Morgan fingerprint density at radius 2 is 1.30 bits per heavy atom. The highest BCUT2D eigenvalue weighted by molar-refractivity contribution is 5.91. The first-order chi connectivity index (χ1) is 19.6. The van der Waals surface area contributed by atoms with Crippen molar-refractivity contribution in [1.82, 2.24) is 0 Å². The average molecular weight is 543 g/mol. The lowest BCUT2D eigenvalue weighted by atomic mass is 10.0. The van der Waals surface area contributed by atoms with Crippen molar-refractivity contribution in [2.75, 3.05) is 6.61 Å². The Bertz CT molecular complexity index is 1120. The van der Waals surface area contributed by atoms with Crippen molar-refractivity contribution in [3.8, 4) is 28.4 Å². The Labute approximate surface area is 241 Å². The van der Waals surface area contributed by atoms with Gasteiger partial charge < -0.3 is 14.2 Å². The van der Waals surface area contributed by atoms with E-state index in [1.165, 1.54) is 51.4 Å². The van der Waals surface area contributed by atoms with Crippen LogP contribution in [0.5, 0.6) is 17.2 Å². The minimum Gasteiger partial charge on any atom is -0.494 e. The van der Waals surface area contributed by atoms with Gasteiger partial charge in [-0.2, -0.15) is 0 Å². The van der Waals surface area contributed by atoms with E-state index in [0.29, 0.717) is 11.3 Å². The molecule has 0 bridgehead atoms. The van der Waals surface area contributed by atoms with E-state index >= 15 is 0 Å². The van der Waals surface area contributed by atoms with Crippen LogP contribution in [-0.4, -0.2) is 18.7 Å². The number of allylic oxidation sites excluding steroid dienone is 1. The molecule has 0 aliphatic rings. The van der Waals surface area contributed by atoms with Crippen LogP contribution in [0.2, 0.25) is 0 Å². The predicted molar refractivity (Wildman–Crippen MR) is 166 cm³/mol. The number of hydrogen-bond acceptors (Lipinski definition) is 4. The molecule has 4 nitrogen and oxygen atoms in total. The third kappa shape index (κ3) is 11.3. The second-order valence-corrected chi connectivity index (χ2v) is 10.4. The van der Waals surface area contributed by atoms with Gasteiger partial charge in [-0.15, -0.1) is 6.58 Å². The molecule has 0 fully saturated rings. The van der Waals surface area contributed by atoms with Crippen LogP contribution in [0.4, 0.5) is 0 Å². The summed E-state index contributed by atoms with van der Waals surface area (Å²) in [5, 5.41) is 0. The maximum atomic E-state index is 12.7. The number of carbonyl (C=O) groups excluding carboxylic acids is 1. The standard InChI is InChI=1S/C36H46O4/c1-4-6-8-10-11-12-14-28-38-33-22-20-31(21-23-33)30-16-18-32(19-17-30)36(37)40-35-26-24-34(25-27-35)39-29(3)15-13-9-7-5-2/h4,16-27,29H,1,5-15,28H2,2-3H3. The fourth-order valence-electron chi connectivity index (χ4n) is 4.56. The molecule has 1 unspecified atom stereocenters. The molecule has 0 N–H and O–H groups in total. The quantitative estimate of drug-likeness (QED) is 0.0654. The summed E-state index contributed by atoms with van der Waals surface area (Å²) in [4.78, 5) is 12.7. The number of ether oxygens (including phenoxy) is 3. The minimum atomic E-state index is -0.381. The first-order valence-electron chi connectivity index (χ1n) is 15.0. The van der Waals surface area contributed by atoms with Gasteiger partial charge in [0.25, 0.3) is 0 Å². The van der Waals surface area contributed by atoms with Crippen LogP contribution in [0.25, 0.3) is 11.1 Å². The van der Waals surface area contributed by atoms with E-state index in [2.05, 4.69) is 20.4 Å². The SMILES string of the molecule is C=CCCCCCCCOc1ccc(-c2ccc(C(=O)Oc3ccc(OC(C)CCCCCC)cc3)cc2)cc1. The van der Waals surface area contributed by atoms with Gasteiger partial charge in [0.2, 0.25) is 0 Å². The van der Waals surface area contributed by atoms with Gasteiger partial charge in [0, 0.05) is 0 Å². The normalized spacial score (nSPS) is 11.6. The summed E-state index contributed by atoms with van der Waals surface area (Å²) in [7, 11) is 0. The van der Waals surface area contributed by atoms with Gasteiger partial charge in [-0.25, -0.2) is 4.79 Å². The minimum absolute atomic E-state index is 0.167. The van der Waals surface area contributed by atoms with E-state index in [0.717, 1.165) is 48.5 Å². The van der Waals surface area contributed by atoms with E-state index < -0.39 is 0 Å². The average Bonchev–Trinajstić information content (AvgIpc) is 2.98. The second-order valence-electron chi connectivity index (χ2n) is 10.4. The number of esters is 1. The van der Waals surface area contributed by atoms with Crippen LogP contribution in [0.1, 0.15) is 94.8 Å². The fourth-order valence-corrected chi connectivity index (χ4v) is 4.56. The topological polar surface area (TPSA) is 44.8 Å². The highest BCUT2D eigenvalue weighted by atomic mass is 16.5. The number of carbonyl (C=O) groups is 1. The summed E-state index contributed by atoms with van der Waals surface area (Å²) < 4.78 is 17.5. The molecule has 0 aliphatic carbocycles. The van der Waals surface area contributed by atoms with Gasteiger partial charge in [0.1, 0.15) is 17.2 Å². The lowest BCUT2D eigenvalue weighted by Gasteiger charge is -2.15. The van der Waals surface area contributed by atoms with Crippen LogP contribution < -0.4 is 14.2 Å². The van der Waals surface area contributed by atoms with Gasteiger partial charge >= 0.3 is 5.97 Å². The zero-order valence-electron chi connectivity index (χ0n) is 24.4. The van der Waals surface area contributed by atoms with Crippen LogP contribution >= 0.6 is 0 Å². The van der Waals surface area contributed by atoms with Gasteiger partial charge in [0.15, 0.2) is 0 Å². The Morgan fingerprint density at radius 3 is 1.98 bits per heavy atom. The van der Waals surface area contributed by atoms with Crippen molar-refractivity contribution in [3.63, 3.8) is 0 Å². The van der Waals surface area contributed by atoms with Crippen molar-refractivity contribution in [2.45, 2.75) is 90.6 Å². The molecule has 4 heteroatoms. The Kier molecular flexibility index (Phi) is 13.9. The molecule has 0 aliphatic heterocycles. The molecule has 0 amide bonds. The lowest BCUT2D eigenvalue weighted by molar-refractivity contribution is 0.0734. The monoisotopic (exact) mass is 542 g/mol. The van der Waals surface area contributed by atoms with E-state index in [-0.39, 0.29) is 12.1 Å². The summed E-state index contributed by atoms with van der Waals surface area (Å²) in [5.41, 5.74) is 2.62. The van der Waals surface area contributed by atoms with Gasteiger partial charge in [-0.3, -0.25) is 0 Å². The molecular weight excluding hydrogens is 496 g/mol. The fraction of sp³-hybridized carbons (Fsp3) is 0.417. The summed E-state index contributed by atoms with van der Waals surface area (Å²) in [6.45, 7) is 8.83. The van der Waals surface area contributed by atoms with Crippen molar-refractivity contribution in [1.29, 1.82) is 0 Å². The lowest BCUT2D eigenvalue weighted by Crippen LogP contribution is -2.11. The summed E-state index contributed by atoms with van der Waals surface area (Å²) in [6, 6.07) is 22.9. The van der Waals surface area contributed by atoms with Crippen LogP contribution in [-0.2, 0) is 0 Å². The molecular formula is C36H46O4. The predicted octanol–water partition coefficient (Wildman–Crippen LogP) is 10.2. The highest BCUT2D eigenvalue weighted by Gasteiger charge is 2.10. The van der Waals surface area contributed by atoms with Gasteiger partial charge in [-0.1, -0.05) is 75.8 Å². The Morgan fingerprint density at radius 1 is 0.725 bits per heavy atom. The van der Waals surface area contributed by atoms with Crippen molar-refractivity contribution in [2.24, 2.45) is 0 Å². The summed E-state index contributed by atoms with van der Waals surface area (Å²) >= 11 is 0. The molecule has 3 rings (SSSR count). The highest BCUT2D eigenvalue weighted by Crippen LogP contribution is 2.25. The molecule has 0 spiro atoms. The van der Waals surface area contributed by atoms with Crippen LogP contribution in [0, 0.1) is 0 Å². The number of hydrogen-bond donors (Lipinski definition) is 0. The van der Waals surface area contributed by atoms with E-state index in [1.807, 2.05) is 54.6 Å². The molecule has 0 saturated carbocycles. The number of rotatable bonds is 19. The Balaban J connectivity index is 1.41. The molecule has 0 aromatic heterocycles. The van der Waals surface area contributed by atoms with Crippen molar-refractivity contribution in [3.05, 3.63) is 91.0 Å². The zero-order valence-corrected chi connectivity index (χ0v) is 24.4. The Hall–Kier alpha value is -3.53. The molecule has 0 heterocycles. The van der Waals surface area contributed by atoms with Gasteiger partial charge in [-0.05, 0) is 98.7 Å². The number of benzene rings is 3. The number of unbranched alkanes of at least 4 members (excludes halogenated alkanes) is 8. The third-order valence-corrected chi connectivity index (χ3v) is 6.97. The zero-order chi connectivity index (χ0) is 28.4. The van der Waals surface area contributed by atoms with E-state index in [1.54, 1.807) is 24.3 Å². The molecule has 214 valence electrons. The molecule has 40 heavy (non-hydrogen) atoms. The smallest absolute Gasteiger partial charge is 0.343 e. The van der Waals surface area contributed by atoms with E-state index in [9.17, 15) is 4.79 Å². The van der Waals surface area contributed by atoms with Crippen molar-refractivity contribution >= 4 is 5.97 Å². The first-order valence-corrected chi connectivity index (χ1v) is 15.0. The largest absolute Gasteiger partial charge is 0.494 e. The van der Waals surface area contributed by atoms with Crippen LogP contribution in [0.3, 0.4) is 0 Å². The first kappa shape index (κ1) is 31.0. The molecule has 3 aromatic rings. The maximum absolute atomic E-state index is 12.7. The molecule has 1 atom stereocenters. The second kappa shape index (κ2) is 17.9.